The summed E-state index contributed by atoms with van der Waals surface area (Å²) in [6.45, 7) is 1.67. The van der Waals surface area contributed by atoms with Crippen LogP contribution in [-0.2, 0) is 6.42 Å². The lowest BCUT2D eigenvalue weighted by molar-refractivity contribution is 0.0802. The van der Waals surface area contributed by atoms with Crippen LogP contribution in [0.4, 0.5) is 0 Å². The Bertz CT molecular complexity index is 612. The van der Waals surface area contributed by atoms with E-state index in [0.717, 1.165) is 17.5 Å². The van der Waals surface area contributed by atoms with Crippen LogP contribution in [-0.4, -0.2) is 45.3 Å². The van der Waals surface area contributed by atoms with Crippen molar-refractivity contribution < 1.29 is 15.0 Å². The molecule has 1 aromatic carbocycles. The van der Waals surface area contributed by atoms with E-state index in [4.69, 9.17) is 5.11 Å². The number of nitrogens with zero attached hydrogens (tertiary/aromatic N) is 2. The third kappa shape index (κ3) is 4.09. The Hall–Kier alpha value is -2.31. The first-order chi connectivity index (χ1) is 10.6. The average Bonchev–Trinajstić information content (AvgIpc) is 2.59. The highest BCUT2D eigenvalue weighted by Gasteiger charge is 2.09. The van der Waals surface area contributed by atoms with Crippen LogP contribution < -0.4 is 5.32 Å². The number of carbonyl (C=O) groups is 1. The van der Waals surface area contributed by atoms with E-state index in [1.807, 2.05) is 6.92 Å². The minimum absolute atomic E-state index is 0.0126. The van der Waals surface area contributed by atoms with Crippen molar-refractivity contribution in [3.8, 4) is 11.4 Å². The number of rotatable bonds is 6. The third-order valence-corrected chi connectivity index (χ3v) is 3.23. The summed E-state index contributed by atoms with van der Waals surface area (Å²) >= 11 is 0. The van der Waals surface area contributed by atoms with Gasteiger partial charge in [0.2, 0.25) is 0 Å². The van der Waals surface area contributed by atoms with E-state index in [-0.39, 0.29) is 19.1 Å². The second-order valence-electron chi connectivity index (χ2n) is 4.89. The van der Waals surface area contributed by atoms with E-state index < -0.39 is 6.10 Å². The van der Waals surface area contributed by atoms with Gasteiger partial charge in [-0.1, -0.05) is 19.1 Å². The van der Waals surface area contributed by atoms with E-state index in [0.29, 0.717) is 11.4 Å². The van der Waals surface area contributed by atoms with Crippen molar-refractivity contribution in [3.05, 3.63) is 47.8 Å². The molecule has 2 aromatic rings. The average molecular weight is 301 g/mol. The van der Waals surface area contributed by atoms with Gasteiger partial charge >= 0.3 is 0 Å². The van der Waals surface area contributed by atoms with E-state index in [2.05, 4.69) is 15.3 Å². The highest BCUT2D eigenvalue weighted by molar-refractivity contribution is 5.94. The van der Waals surface area contributed by atoms with Crippen LogP contribution >= 0.6 is 0 Å². The van der Waals surface area contributed by atoms with Crippen molar-refractivity contribution in [1.82, 2.24) is 15.3 Å². The molecule has 0 radical (unpaired) electrons. The summed E-state index contributed by atoms with van der Waals surface area (Å²) in [7, 11) is 0. The molecule has 0 saturated heterocycles. The smallest absolute Gasteiger partial charge is 0.251 e. The molecule has 0 aliphatic rings. The summed E-state index contributed by atoms with van der Waals surface area (Å²) in [6, 6.07) is 6.90. The highest BCUT2D eigenvalue weighted by atomic mass is 16.3. The Morgan fingerprint density at radius 1 is 1.23 bits per heavy atom. The van der Waals surface area contributed by atoms with Crippen LogP contribution in [0.25, 0.3) is 11.4 Å². The van der Waals surface area contributed by atoms with Gasteiger partial charge in [-0.3, -0.25) is 4.79 Å². The molecule has 0 unspecified atom stereocenters. The number of carbonyl (C=O) groups excluding carboxylic acids is 1. The largest absolute Gasteiger partial charge is 0.394 e. The molecule has 22 heavy (non-hydrogen) atoms. The predicted octanol–water partition coefficient (Wildman–Crippen LogP) is 0.789. The Balaban J connectivity index is 2.04. The molecule has 0 spiro atoms. The van der Waals surface area contributed by atoms with Crippen LogP contribution in [0.1, 0.15) is 22.8 Å². The van der Waals surface area contributed by atoms with Crippen molar-refractivity contribution >= 4 is 5.91 Å². The molecule has 0 aliphatic heterocycles. The lowest BCUT2D eigenvalue weighted by Crippen LogP contribution is -2.33. The van der Waals surface area contributed by atoms with Crippen LogP contribution in [0.15, 0.2) is 36.7 Å². The maximum Gasteiger partial charge on any atom is 0.251 e. The molecule has 1 atom stereocenters. The fourth-order valence-electron chi connectivity index (χ4n) is 1.83. The summed E-state index contributed by atoms with van der Waals surface area (Å²) in [4.78, 5) is 20.4. The van der Waals surface area contributed by atoms with Gasteiger partial charge in [0.05, 0.1) is 12.7 Å². The summed E-state index contributed by atoms with van der Waals surface area (Å²) < 4.78 is 0. The lowest BCUT2D eigenvalue weighted by Gasteiger charge is -2.09. The van der Waals surface area contributed by atoms with Gasteiger partial charge < -0.3 is 15.5 Å². The van der Waals surface area contributed by atoms with Gasteiger partial charge in [-0.05, 0) is 24.1 Å². The number of hydrogen-bond donors (Lipinski definition) is 3. The molecule has 116 valence electrons. The zero-order chi connectivity index (χ0) is 15.9. The van der Waals surface area contributed by atoms with Crippen LogP contribution in [0, 0.1) is 0 Å². The van der Waals surface area contributed by atoms with Crippen LogP contribution in [0.3, 0.4) is 0 Å². The zero-order valence-electron chi connectivity index (χ0n) is 12.4. The molecule has 0 fully saturated rings. The second-order valence-corrected chi connectivity index (χ2v) is 4.89. The van der Waals surface area contributed by atoms with E-state index in [1.165, 1.54) is 0 Å². The van der Waals surface area contributed by atoms with Gasteiger partial charge in [-0.2, -0.15) is 0 Å². The number of aromatic nitrogens is 2. The number of amides is 1. The quantitative estimate of drug-likeness (QED) is 0.733. The van der Waals surface area contributed by atoms with E-state index >= 15 is 0 Å². The van der Waals surface area contributed by atoms with Crippen molar-refractivity contribution in [1.29, 1.82) is 0 Å². The minimum Gasteiger partial charge on any atom is -0.394 e. The molecular formula is C16H19N3O3. The van der Waals surface area contributed by atoms with Crippen molar-refractivity contribution in [2.75, 3.05) is 13.2 Å². The monoisotopic (exact) mass is 301 g/mol. The molecule has 0 bridgehead atoms. The van der Waals surface area contributed by atoms with E-state index in [9.17, 15) is 9.90 Å². The first kappa shape index (κ1) is 16.1. The Morgan fingerprint density at radius 2 is 1.86 bits per heavy atom. The maximum absolute atomic E-state index is 11.9. The first-order valence-electron chi connectivity index (χ1n) is 7.12. The summed E-state index contributed by atoms with van der Waals surface area (Å²) in [5.41, 5.74) is 2.37. The maximum atomic E-state index is 11.9. The van der Waals surface area contributed by atoms with Gasteiger partial charge in [0.15, 0.2) is 5.82 Å². The number of benzene rings is 1. The van der Waals surface area contributed by atoms with E-state index in [1.54, 1.807) is 36.7 Å². The number of aliphatic hydroxyl groups is 2. The fourth-order valence-corrected chi connectivity index (χ4v) is 1.83. The second kappa shape index (κ2) is 7.63. The topological polar surface area (TPSA) is 95.3 Å². The van der Waals surface area contributed by atoms with Gasteiger partial charge in [-0.15, -0.1) is 0 Å². The first-order valence-corrected chi connectivity index (χ1v) is 7.12. The number of aryl methyl sites for hydroxylation is 1. The molecule has 1 aromatic heterocycles. The van der Waals surface area contributed by atoms with Gasteiger partial charge in [0.1, 0.15) is 0 Å². The summed E-state index contributed by atoms with van der Waals surface area (Å²) in [5, 5.41) is 20.5. The van der Waals surface area contributed by atoms with Gasteiger partial charge in [-0.25, -0.2) is 9.97 Å². The standard InChI is InChI=1S/C16H19N3O3/c1-2-11-7-17-15(18-8-11)12-3-5-13(6-4-12)16(22)19-9-14(21)10-20/h3-8,14,20-21H,2,9-10H2,1H3,(H,19,22)/t14-/m0/s1. The Kier molecular flexibility index (Phi) is 5.57. The number of hydrogen-bond acceptors (Lipinski definition) is 5. The Labute approximate surface area is 128 Å². The van der Waals surface area contributed by atoms with Gasteiger partial charge in [0.25, 0.3) is 5.91 Å². The minimum atomic E-state index is -0.950. The van der Waals surface area contributed by atoms with Crippen LogP contribution in [0.5, 0.6) is 0 Å². The molecule has 0 aliphatic carbocycles. The zero-order valence-corrected chi connectivity index (χ0v) is 12.4. The molecule has 1 heterocycles. The van der Waals surface area contributed by atoms with Crippen LogP contribution in [0.2, 0.25) is 0 Å². The number of nitrogens with one attached hydrogen (secondary N) is 1. The molecule has 3 N–H and O–H groups in total. The normalized spacial score (nSPS) is 12.0. The van der Waals surface area contributed by atoms with Crippen molar-refractivity contribution in [3.63, 3.8) is 0 Å². The summed E-state index contributed by atoms with van der Waals surface area (Å²) in [5.74, 6) is 0.307. The molecule has 2 rings (SSSR count). The third-order valence-electron chi connectivity index (χ3n) is 3.23. The lowest BCUT2D eigenvalue weighted by atomic mass is 10.1. The molecule has 1 amide bonds. The molecule has 6 nitrogen and oxygen atoms in total. The SMILES string of the molecule is CCc1cnc(-c2ccc(C(=O)NC[C@H](O)CO)cc2)nc1. The summed E-state index contributed by atoms with van der Waals surface area (Å²) in [6.07, 6.45) is 3.52. The number of aliphatic hydroxyl groups excluding tert-OH is 2. The van der Waals surface area contributed by atoms with Crippen molar-refractivity contribution in [2.45, 2.75) is 19.4 Å². The molecule has 0 saturated carbocycles. The Morgan fingerprint density at radius 3 is 2.41 bits per heavy atom. The predicted molar refractivity (Wildman–Crippen MR) is 82.3 cm³/mol. The highest BCUT2D eigenvalue weighted by Crippen LogP contribution is 2.15. The van der Waals surface area contributed by atoms with Crippen molar-refractivity contribution in [2.24, 2.45) is 0 Å². The molecular weight excluding hydrogens is 282 g/mol. The fraction of sp³-hybridized carbons (Fsp3) is 0.312. The molecule has 6 heteroatoms. The van der Waals surface area contributed by atoms with Gasteiger partial charge in [0, 0.05) is 30.1 Å².